The highest BCUT2D eigenvalue weighted by molar-refractivity contribution is 9.10. The van der Waals surface area contributed by atoms with E-state index in [9.17, 15) is 4.79 Å². The molecule has 0 N–H and O–H groups in total. The van der Waals surface area contributed by atoms with Crippen molar-refractivity contribution in [2.45, 2.75) is 20.5 Å². The van der Waals surface area contributed by atoms with Crippen LogP contribution < -0.4 is 14.2 Å². The number of rotatable bonds is 6. The van der Waals surface area contributed by atoms with Gasteiger partial charge >= 0.3 is 5.97 Å². The van der Waals surface area contributed by atoms with Gasteiger partial charge in [0.1, 0.15) is 12.4 Å². The average Bonchev–Trinajstić information content (AvgIpc) is 3.05. The van der Waals surface area contributed by atoms with Crippen molar-refractivity contribution >= 4 is 21.9 Å². The van der Waals surface area contributed by atoms with Gasteiger partial charge in [-0.25, -0.2) is 4.79 Å². The van der Waals surface area contributed by atoms with Gasteiger partial charge < -0.3 is 18.9 Å². The minimum atomic E-state index is -0.389. The lowest BCUT2D eigenvalue weighted by atomic mass is 10.2. The summed E-state index contributed by atoms with van der Waals surface area (Å²) in [5, 5.41) is 0. The number of halogens is 1. The molecule has 2 aromatic rings. The van der Waals surface area contributed by atoms with Crippen molar-refractivity contribution in [2.75, 3.05) is 13.4 Å². The lowest BCUT2D eigenvalue weighted by Gasteiger charge is -2.10. The Morgan fingerprint density at radius 1 is 1.16 bits per heavy atom. The van der Waals surface area contributed by atoms with Crippen molar-refractivity contribution in [3.05, 3.63) is 52.0 Å². The van der Waals surface area contributed by atoms with Gasteiger partial charge in [0.15, 0.2) is 11.5 Å². The fourth-order valence-electron chi connectivity index (χ4n) is 2.25. The highest BCUT2D eigenvalue weighted by Crippen LogP contribution is 2.37. The van der Waals surface area contributed by atoms with Crippen molar-refractivity contribution in [3.63, 3.8) is 0 Å². The molecule has 0 bridgehead atoms. The van der Waals surface area contributed by atoms with Crippen LogP contribution in [0.1, 0.15) is 29.8 Å². The molecule has 132 valence electrons. The highest BCUT2D eigenvalue weighted by Gasteiger charge is 2.17. The van der Waals surface area contributed by atoms with Gasteiger partial charge in [-0.15, -0.1) is 0 Å². The Hall–Kier alpha value is -2.21. The number of ether oxygens (including phenoxy) is 4. The van der Waals surface area contributed by atoms with E-state index in [2.05, 4.69) is 29.8 Å². The monoisotopic (exact) mass is 406 g/mol. The zero-order chi connectivity index (χ0) is 17.8. The third-order valence-electron chi connectivity index (χ3n) is 3.57. The summed E-state index contributed by atoms with van der Waals surface area (Å²) in [6, 6.07) is 10.6. The second kappa shape index (κ2) is 7.78. The largest absolute Gasteiger partial charge is 0.493 e. The lowest BCUT2D eigenvalue weighted by molar-refractivity contribution is 0.0471. The number of benzene rings is 2. The molecular formula is C19H19BrO5. The van der Waals surface area contributed by atoms with E-state index in [4.69, 9.17) is 18.9 Å². The summed E-state index contributed by atoms with van der Waals surface area (Å²) >= 11 is 3.45. The summed E-state index contributed by atoms with van der Waals surface area (Å²) in [6.45, 7) is 5.15. The van der Waals surface area contributed by atoms with Crippen LogP contribution in [0.25, 0.3) is 0 Å². The van der Waals surface area contributed by atoms with Gasteiger partial charge in [-0.2, -0.15) is 0 Å². The van der Waals surface area contributed by atoms with E-state index in [0.29, 0.717) is 29.6 Å². The predicted molar refractivity (Wildman–Crippen MR) is 96.2 cm³/mol. The van der Waals surface area contributed by atoms with E-state index in [1.807, 2.05) is 12.1 Å². The molecule has 0 saturated carbocycles. The van der Waals surface area contributed by atoms with Gasteiger partial charge in [-0.1, -0.05) is 29.8 Å². The molecule has 0 spiro atoms. The molecule has 0 aromatic heterocycles. The number of hydrogen-bond donors (Lipinski definition) is 0. The Labute approximate surface area is 155 Å². The molecule has 1 aliphatic heterocycles. The van der Waals surface area contributed by atoms with Crippen LogP contribution in [0.3, 0.4) is 0 Å². The van der Waals surface area contributed by atoms with E-state index >= 15 is 0 Å². The first kappa shape index (κ1) is 17.6. The highest BCUT2D eigenvalue weighted by atomic mass is 79.9. The van der Waals surface area contributed by atoms with Crippen LogP contribution in [-0.4, -0.2) is 19.4 Å². The molecular weight excluding hydrogens is 388 g/mol. The van der Waals surface area contributed by atoms with E-state index in [1.165, 1.54) is 0 Å². The number of carbonyl (C=O) groups excluding carboxylic acids is 1. The summed E-state index contributed by atoms with van der Waals surface area (Å²) < 4.78 is 22.4. The first-order valence-electron chi connectivity index (χ1n) is 8.01. The van der Waals surface area contributed by atoms with Gasteiger partial charge in [0, 0.05) is 10.0 Å². The molecule has 2 aromatic carbocycles. The van der Waals surface area contributed by atoms with Gasteiger partial charge in [0.05, 0.1) is 12.2 Å². The SMILES string of the molecule is CC(C)COc1ccc(C(=O)OCc2cc3c(cc2Br)OCO3)cc1. The Balaban J connectivity index is 1.59. The molecule has 0 amide bonds. The average molecular weight is 407 g/mol. The van der Waals surface area contributed by atoms with Crippen molar-refractivity contribution < 1.29 is 23.7 Å². The topological polar surface area (TPSA) is 54.0 Å². The van der Waals surface area contributed by atoms with E-state index in [0.717, 1.165) is 15.8 Å². The van der Waals surface area contributed by atoms with Crippen molar-refractivity contribution in [1.29, 1.82) is 0 Å². The summed E-state index contributed by atoms with van der Waals surface area (Å²) in [5.41, 5.74) is 1.29. The van der Waals surface area contributed by atoms with Gasteiger partial charge in [0.25, 0.3) is 0 Å². The molecule has 0 unspecified atom stereocenters. The summed E-state index contributed by atoms with van der Waals surface area (Å²) in [6.07, 6.45) is 0. The van der Waals surface area contributed by atoms with Crippen LogP contribution in [0.15, 0.2) is 40.9 Å². The van der Waals surface area contributed by atoms with E-state index in [1.54, 1.807) is 24.3 Å². The Bertz CT molecular complexity index is 755. The molecule has 0 atom stereocenters. The van der Waals surface area contributed by atoms with Crippen molar-refractivity contribution in [2.24, 2.45) is 5.92 Å². The number of hydrogen-bond acceptors (Lipinski definition) is 5. The fourth-order valence-corrected chi connectivity index (χ4v) is 2.68. The maximum absolute atomic E-state index is 12.2. The quantitative estimate of drug-likeness (QED) is 0.657. The maximum atomic E-state index is 12.2. The van der Waals surface area contributed by atoms with Crippen LogP contribution in [0.5, 0.6) is 17.2 Å². The normalized spacial score (nSPS) is 12.3. The Morgan fingerprint density at radius 2 is 1.84 bits per heavy atom. The predicted octanol–water partition coefficient (Wildman–Crippen LogP) is 4.57. The van der Waals surface area contributed by atoms with E-state index in [-0.39, 0.29) is 19.4 Å². The Morgan fingerprint density at radius 3 is 2.52 bits per heavy atom. The molecule has 6 heteroatoms. The molecule has 1 heterocycles. The zero-order valence-corrected chi connectivity index (χ0v) is 15.7. The summed E-state index contributed by atoms with van der Waals surface area (Å²) in [7, 11) is 0. The molecule has 5 nitrogen and oxygen atoms in total. The number of fused-ring (bicyclic) bond motifs is 1. The van der Waals surface area contributed by atoms with Crippen LogP contribution >= 0.6 is 15.9 Å². The first-order valence-corrected chi connectivity index (χ1v) is 8.80. The third kappa shape index (κ3) is 4.45. The number of esters is 1. The molecule has 0 radical (unpaired) electrons. The fraction of sp³-hybridized carbons (Fsp3) is 0.316. The van der Waals surface area contributed by atoms with Gasteiger partial charge in [-0.05, 0) is 42.3 Å². The van der Waals surface area contributed by atoms with Crippen LogP contribution in [0.2, 0.25) is 0 Å². The molecule has 0 saturated heterocycles. The maximum Gasteiger partial charge on any atom is 0.338 e. The molecule has 0 aliphatic carbocycles. The summed E-state index contributed by atoms with van der Waals surface area (Å²) in [4.78, 5) is 12.2. The number of carbonyl (C=O) groups is 1. The molecule has 25 heavy (non-hydrogen) atoms. The van der Waals surface area contributed by atoms with E-state index < -0.39 is 0 Å². The third-order valence-corrected chi connectivity index (χ3v) is 4.31. The molecule has 3 rings (SSSR count). The molecule has 1 aliphatic rings. The first-order chi connectivity index (χ1) is 12.0. The van der Waals surface area contributed by atoms with Gasteiger partial charge in [-0.3, -0.25) is 0 Å². The second-order valence-electron chi connectivity index (χ2n) is 6.10. The van der Waals surface area contributed by atoms with Crippen molar-refractivity contribution in [3.8, 4) is 17.2 Å². The second-order valence-corrected chi connectivity index (χ2v) is 6.96. The minimum Gasteiger partial charge on any atom is -0.493 e. The Kier molecular flexibility index (Phi) is 5.48. The standard InChI is InChI=1S/C19H19BrO5/c1-12(2)9-22-15-5-3-13(4-6-15)19(21)23-10-14-7-17-18(8-16(14)20)25-11-24-17/h3-8,12H,9-11H2,1-2H3. The van der Waals surface area contributed by atoms with Crippen LogP contribution in [0.4, 0.5) is 0 Å². The smallest absolute Gasteiger partial charge is 0.338 e. The summed E-state index contributed by atoms with van der Waals surface area (Å²) in [5.74, 6) is 2.13. The lowest BCUT2D eigenvalue weighted by Crippen LogP contribution is -2.07. The van der Waals surface area contributed by atoms with Crippen molar-refractivity contribution in [1.82, 2.24) is 0 Å². The van der Waals surface area contributed by atoms with Gasteiger partial charge in [0.2, 0.25) is 6.79 Å². The van der Waals surface area contributed by atoms with Crippen LogP contribution in [-0.2, 0) is 11.3 Å². The minimum absolute atomic E-state index is 0.141. The zero-order valence-electron chi connectivity index (χ0n) is 14.1. The molecule has 0 fully saturated rings. The van der Waals surface area contributed by atoms with Crippen LogP contribution in [0, 0.1) is 5.92 Å².